The van der Waals surface area contributed by atoms with E-state index in [1.54, 1.807) is 6.33 Å². The van der Waals surface area contributed by atoms with E-state index < -0.39 is 0 Å². The number of nitrogens with one attached hydrogen (secondary N) is 1. The number of amides is 1. The molecular weight excluding hydrogens is 274 g/mol. The van der Waals surface area contributed by atoms with Crippen LogP contribution in [-0.4, -0.2) is 22.0 Å². The number of para-hydroxylation sites is 2. The van der Waals surface area contributed by atoms with Gasteiger partial charge in [-0.05, 0) is 31.0 Å². The molecule has 1 N–H and O–H groups in total. The van der Waals surface area contributed by atoms with E-state index in [4.69, 9.17) is 0 Å². The van der Waals surface area contributed by atoms with Gasteiger partial charge < -0.3 is 9.88 Å². The Balaban J connectivity index is 1.62. The van der Waals surface area contributed by atoms with Crippen LogP contribution in [0, 0.1) is 0 Å². The van der Waals surface area contributed by atoms with E-state index >= 15 is 0 Å². The molecule has 112 valence electrons. The van der Waals surface area contributed by atoms with E-state index in [2.05, 4.69) is 22.4 Å². The number of carbonyl (C=O) groups excluding carboxylic acids is 1. The van der Waals surface area contributed by atoms with Crippen molar-refractivity contribution in [1.82, 2.24) is 14.9 Å². The van der Waals surface area contributed by atoms with Gasteiger partial charge in [-0.2, -0.15) is 0 Å². The molecule has 0 spiro atoms. The Morgan fingerprint density at radius 3 is 2.68 bits per heavy atom. The van der Waals surface area contributed by atoms with Crippen molar-refractivity contribution in [3.63, 3.8) is 0 Å². The summed E-state index contributed by atoms with van der Waals surface area (Å²) in [5, 5.41) is 3.00. The highest BCUT2D eigenvalue weighted by Crippen LogP contribution is 2.17. The maximum absolute atomic E-state index is 12.3. The van der Waals surface area contributed by atoms with Crippen LogP contribution in [0.25, 0.3) is 11.0 Å². The fraction of sp³-hybridized carbons (Fsp3) is 0.222. The van der Waals surface area contributed by atoms with Gasteiger partial charge in [0.1, 0.15) is 6.04 Å². The molecule has 0 aliphatic rings. The fourth-order valence-electron chi connectivity index (χ4n) is 2.54. The van der Waals surface area contributed by atoms with Crippen LogP contribution in [0.15, 0.2) is 60.9 Å². The van der Waals surface area contributed by atoms with E-state index in [1.165, 1.54) is 5.56 Å². The monoisotopic (exact) mass is 293 g/mol. The van der Waals surface area contributed by atoms with Gasteiger partial charge in [0.15, 0.2) is 0 Å². The van der Waals surface area contributed by atoms with Crippen LogP contribution < -0.4 is 5.32 Å². The van der Waals surface area contributed by atoms with Crippen molar-refractivity contribution in [3.8, 4) is 0 Å². The van der Waals surface area contributed by atoms with Gasteiger partial charge in [-0.25, -0.2) is 4.98 Å². The molecule has 0 bridgehead atoms. The molecule has 2 aromatic carbocycles. The lowest BCUT2D eigenvalue weighted by Gasteiger charge is -2.14. The van der Waals surface area contributed by atoms with E-state index in [-0.39, 0.29) is 11.9 Å². The van der Waals surface area contributed by atoms with E-state index in [0.29, 0.717) is 6.54 Å². The Morgan fingerprint density at radius 2 is 1.86 bits per heavy atom. The average molecular weight is 293 g/mol. The number of nitrogens with zero attached hydrogens (tertiary/aromatic N) is 2. The van der Waals surface area contributed by atoms with Crippen molar-refractivity contribution < 1.29 is 4.79 Å². The second-order valence-corrected chi connectivity index (χ2v) is 5.34. The van der Waals surface area contributed by atoms with Crippen molar-refractivity contribution in [1.29, 1.82) is 0 Å². The minimum atomic E-state index is -0.275. The summed E-state index contributed by atoms with van der Waals surface area (Å²) in [5.74, 6) is 0.0130. The molecule has 1 unspecified atom stereocenters. The molecule has 0 aliphatic heterocycles. The molecule has 1 amide bonds. The Kier molecular flexibility index (Phi) is 4.19. The van der Waals surface area contributed by atoms with Gasteiger partial charge in [0, 0.05) is 6.54 Å². The van der Waals surface area contributed by atoms with Gasteiger partial charge >= 0.3 is 0 Å². The topological polar surface area (TPSA) is 46.9 Å². The zero-order chi connectivity index (χ0) is 15.4. The van der Waals surface area contributed by atoms with Crippen molar-refractivity contribution in [2.75, 3.05) is 6.54 Å². The molecule has 0 aliphatic carbocycles. The molecule has 0 saturated heterocycles. The zero-order valence-electron chi connectivity index (χ0n) is 12.6. The summed E-state index contributed by atoms with van der Waals surface area (Å²) in [7, 11) is 0. The lowest BCUT2D eigenvalue weighted by molar-refractivity contribution is -0.123. The maximum Gasteiger partial charge on any atom is 0.242 e. The van der Waals surface area contributed by atoms with Gasteiger partial charge in [-0.3, -0.25) is 4.79 Å². The first kappa shape index (κ1) is 14.3. The predicted octanol–water partition coefficient (Wildman–Crippen LogP) is 2.96. The number of benzene rings is 2. The Hall–Kier alpha value is -2.62. The molecule has 3 rings (SSSR count). The minimum absolute atomic E-state index is 0.0130. The molecular formula is C18H19N3O. The zero-order valence-corrected chi connectivity index (χ0v) is 12.6. The van der Waals surface area contributed by atoms with Crippen molar-refractivity contribution in [3.05, 3.63) is 66.5 Å². The van der Waals surface area contributed by atoms with Crippen LogP contribution >= 0.6 is 0 Å². The van der Waals surface area contributed by atoms with Crippen LogP contribution in [0.4, 0.5) is 0 Å². The largest absolute Gasteiger partial charge is 0.354 e. The van der Waals surface area contributed by atoms with Gasteiger partial charge in [0.2, 0.25) is 5.91 Å². The summed E-state index contributed by atoms with van der Waals surface area (Å²) in [6.45, 7) is 2.53. The summed E-state index contributed by atoms with van der Waals surface area (Å²) in [6, 6.07) is 17.7. The normalized spacial score (nSPS) is 12.2. The Labute approximate surface area is 129 Å². The molecule has 0 saturated carbocycles. The van der Waals surface area contributed by atoms with E-state index in [1.807, 2.05) is 54.0 Å². The van der Waals surface area contributed by atoms with Gasteiger partial charge in [-0.15, -0.1) is 0 Å². The van der Waals surface area contributed by atoms with Crippen LogP contribution in [0.3, 0.4) is 0 Å². The lowest BCUT2D eigenvalue weighted by atomic mass is 10.1. The summed E-state index contributed by atoms with van der Waals surface area (Å²) in [4.78, 5) is 16.6. The average Bonchev–Trinajstić information content (AvgIpc) is 2.99. The molecule has 22 heavy (non-hydrogen) atoms. The van der Waals surface area contributed by atoms with Crippen LogP contribution in [0.1, 0.15) is 18.5 Å². The van der Waals surface area contributed by atoms with Crippen LogP contribution in [0.2, 0.25) is 0 Å². The summed E-state index contributed by atoms with van der Waals surface area (Å²) < 4.78 is 1.91. The standard InChI is InChI=1S/C18H19N3O/c1-14(21-13-20-16-9-5-6-10-17(16)21)18(22)19-12-11-15-7-3-2-4-8-15/h2-10,13-14H,11-12H2,1H3,(H,19,22). The molecule has 1 aromatic heterocycles. The van der Waals surface area contributed by atoms with Gasteiger partial charge in [0.25, 0.3) is 0 Å². The van der Waals surface area contributed by atoms with Crippen molar-refractivity contribution in [2.45, 2.75) is 19.4 Å². The van der Waals surface area contributed by atoms with E-state index in [0.717, 1.165) is 17.5 Å². The Bertz CT molecular complexity index is 764. The van der Waals surface area contributed by atoms with Crippen LogP contribution in [0.5, 0.6) is 0 Å². The number of hydrogen-bond acceptors (Lipinski definition) is 2. The second kappa shape index (κ2) is 6.43. The maximum atomic E-state index is 12.3. The number of fused-ring (bicyclic) bond motifs is 1. The number of hydrogen-bond donors (Lipinski definition) is 1. The lowest BCUT2D eigenvalue weighted by Crippen LogP contribution is -2.32. The number of rotatable bonds is 5. The number of imidazole rings is 1. The minimum Gasteiger partial charge on any atom is -0.354 e. The van der Waals surface area contributed by atoms with Gasteiger partial charge in [-0.1, -0.05) is 42.5 Å². The van der Waals surface area contributed by atoms with Crippen molar-refractivity contribution in [2.24, 2.45) is 0 Å². The quantitative estimate of drug-likeness (QED) is 0.786. The summed E-state index contributed by atoms with van der Waals surface area (Å²) in [5.41, 5.74) is 3.11. The van der Waals surface area contributed by atoms with Crippen molar-refractivity contribution >= 4 is 16.9 Å². The first-order valence-electron chi connectivity index (χ1n) is 7.49. The summed E-state index contributed by atoms with van der Waals surface area (Å²) >= 11 is 0. The molecule has 4 nitrogen and oxygen atoms in total. The number of aromatic nitrogens is 2. The third kappa shape index (κ3) is 3.01. The third-order valence-corrected chi connectivity index (χ3v) is 3.83. The molecule has 1 heterocycles. The third-order valence-electron chi connectivity index (χ3n) is 3.83. The van der Waals surface area contributed by atoms with Crippen LogP contribution in [-0.2, 0) is 11.2 Å². The summed E-state index contributed by atoms with van der Waals surface area (Å²) in [6.07, 6.45) is 2.57. The molecule has 0 fully saturated rings. The molecule has 3 aromatic rings. The number of carbonyl (C=O) groups is 1. The second-order valence-electron chi connectivity index (χ2n) is 5.34. The Morgan fingerprint density at radius 1 is 1.14 bits per heavy atom. The smallest absolute Gasteiger partial charge is 0.242 e. The molecule has 4 heteroatoms. The first-order chi connectivity index (χ1) is 10.8. The first-order valence-corrected chi connectivity index (χ1v) is 7.49. The van der Waals surface area contributed by atoms with Gasteiger partial charge in [0.05, 0.1) is 17.4 Å². The highest BCUT2D eigenvalue weighted by Gasteiger charge is 2.16. The van der Waals surface area contributed by atoms with E-state index in [9.17, 15) is 4.79 Å². The fourth-order valence-corrected chi connectivity index (χ4v) is 2.54. The molecule has 0 radical (unpaired) electrons. The molecule has 1 atom stereocenters. The highest BCUT2D eigenvalue weighted by molar-refractivity contribution is 5.83. The SMILES string of the molecule is CC(C(=O)NCCc1ccccc1)n1cnc2ccccc21. The highest BCUT2D eigenvalue weighted by atomic mass is 16.2. The predicted molar refractivity (Wildman–Crippen MR) is 87.6 cm³/mol.